The fourth-order valence-corrected chi connectivity index (χ4v) is 1.87. The van der Waals surface area contributed by atoms with Crippen molar-refractivity contribution in [2.24, 2.45) is 0 Å². The highest BCUT2D eigenvalue weighted by Gasteiger charge is 2.14. The van der Waals surface area contributed by atoms with E-state index >= 15 is 0 Å². The van der Waals surface area contributed by atoms with E-state index in [1.165, 1.54) is 0 Å². The largest absolute Gasteiger partial charge is 0.487 e. The SMILES string of the molecule is Nc1snnc1COc1ccc2c(c1)OCO2. The first-order chi connectivity index (χ1) is 8.33. The maximum absolute atomic E-state index is 5.66. The van der Waals surface area contributed by atoms with Crippen LogP contribution in [0.3, 0.4) is 0 Å². The Bertz CT molecular complexity index is 543. The van der Waals surface area contributed by atoms with Gasteiger partial charge in [-0.05, 0) is 12.1 Å². The molecule has 1 aliphatic rings. The van der Waals surface area contributed by atoms with Crippen molar-refractivity contribution >= 4 is 16.5 Å². The highest BCUT2D eigenvalue weighted by atomic mass is 32.1. The van der Waals surface area contributed by atoms with Crippen LogP contribution in [0.4, 0.5) is 5.00 Å². The molecule has 7 heteroatoms. The number of anilines is 1. The topological polar surface area (TPSA) is 79.5 Å². The van der Waals surface area contributed by atoms with Crippen molar-refractivity contribution in [1.82, 2.24) is 9.59 Å². The lowest BCUT2D eigenvalue weighted by Gasteiger charge is -2.05. The van der Waals surface area contributed by atoms with E-state index in [1.807, 2.05) is 6.07 Å². The van der Waals surface area contributed by atoms with Crippen molar-refractivity contribution in [3.63, 3.8) is 0 Å². The van der Waals surface area contributed by atoms with Gasteiger partial charge in [-0.15, -0.1) is 5.10 Å². The average molecular weight is 251 g/mol. The highest BCUT2D eigenvalue weighted by Crippen LogP contribution is 2.35. The second-order valence-electron chi connectivity index (χ2n) is 3.39. The van der Waals surface area contributed by atoms with Crippen LogP contribution >= 0.6 is 11.5 Å². The Morgan fingerprint density at radius 3 is 3.06 bits per heavy atom. The minimum atomic E-state index is 0.252. The molecule has 0 fully saturated rings. The number of nitrogen functional groups attached to an aromatic ring is 1. The normalized spacial score (nSPS) is 12.7. The number of benzene rings is 1. The lowest BCUT2D eigenvalue weighted by molar-refractivity contribution is 0.173. The Balaban J connectivity index is 1.72. The van der Waals surface area contributed by atoms with Crippen molar-refractivity contribution in [1.29, 1.82) is 0 Å². The molecule has 0 aliphatic carbocycles. The van der Waals surface area contributed by atoms with Gasteiger partial charge in [0.2, 0.25) is 6.79 Å². The molecule has 2 aromatic rings. The molecule has 2 N–H and O–H groups in total. The zero-order chi connectivity index (χ0) is 11.7. The van der Waals surface area contributed by atoms with Gasteiger partial charge < -0.3 is 19.9 Å². The molecule has 88 valence electrons. The molecule has 17 heavy (non-hydrogen) atoms. The van der Waals surface area contributed by atoms with Gasteiger partial charge >= 0.3 is 0 Å². The van der Waals surface area contributed by atoms with Gasteiger partial charge in [0.05, 0.1) is 0 Å². The van der Waals surface area contributed by atoms with E-state index in [1.54, 1.807) is 12.1 Å². The molecule has 2 heterocycles. The Morgan fingerprint density at radius 2 is 2.24 bits per heavy atom. The maximum atomic E-state index is 5.66. The third kappa shape index (κ3) is 1.96. The van der Waals surface area contributed by atoms with E-state index in [-0.39, 0.29) is 6.79 Å². The predicted octanol–water partition coefficient (Wildman–Crippen LogP) is 1.43. The number of nitrogens with two attached hydrogens (primary N) is 1. The number of hydrogen-bond donors (Lipinski definition) is 1. The molecule has 1 aliphatic heterocycles. The number of hydrogen-bond acceptors (Lipinski definition) is 7. The second-order valence-corrected chi connectivity index (χ2v) is 4.17. The van der Waals surface area contributed by atoms with E-state index in [9.17, 15) is 0 Å². The Labute approximate surface area is 101 Å². The number of fused-ring (bicyclic) bond motifs is 1. The summed E-state index contributed by atoms with van der Waals surface area (Å²) in [6.45, 7) is 0.545. The second kappa shape index (κ2) is 4.10. The summed E-state index contributed by atoms with van der Waals surface area (Å²) in [5, 5.41) is 4.44. The summed E-state index contributed by atoms with van der Waals surface area (Å²) >= 11 is 1.15. The number of ether oxygens (including phenoxy) is 3. The van der Waals surface area contributed by atoms with Crippen LogP contribution in [-0.4, -0.2) is 16.4 Å². The van der Waals surface area contributed by atoms with Gasteiger partial charge in [-0.3, -0.25) is 0 Å². The van der Waals surface area contributed by atoms with Crippen LogP contribution in [0.1, 0.15) is 5.69 Å². The molecule has 0 saturated heterocycles. The molecule has 0 spiro atoms. The maximum Gasteiger partial charge on any atom is 0.231 e. The fraction of sp³-hybridized carbons (Fsp3) is 0.200. The minimum Gasteiger partial charge on any atom is -0.487 e. The van der Waals surface area contributed by atoms with Crippen LogP contribution in [0.25, 0.3) is 0 Å². The van der Waals surface area contributed by atoms with Gasteiger partial charge in [0.15, 0.2) is 11.5 Å². The molecular formula is C10H9N3O3S. The third-order valence-corrected chi connectivity index (χ3v) is 2.90. The first kappa shape index (κ1) is 10.2. The minimum absolute atomic E-state index is 0.252. The zero-order valence-corrected chi connectivity index (χ0v) is 9.57. The molecule has 0 radical (unpaired) electrons. The zero-order valence-electron chi connectivity index (χ0n) is 8.75. The van der Waals surface area contributed by atoms with Gasteiger partial charge in [-0.1, -0.05) is 4.49 Å². The summed E-state index contributed by atoms with van der Waals surface area (Å²) in [5.74, 6) is 2.10. The summed E-state index contributed by atoms with van der Waals surface area (Å²) in [6.07, 6.45) is 0. The monoisotopic (exact) mass is 251 g/mol. The van der Waals surface area contributed by atoms with Crippen molar-refractivity contribution in [3.8, 4) is 17.2 Å². The van der Waals surface area contributed by atoms with Crippen LogP contribution in [0.2, 0.25) is 0 Å². The van der Waals surface area contributed by atoms with Gasteiger partial charge in [-0.25, -0.2) is 0 Å². The fourth-order valence-electron chi connectivity index (χ4n) is 1.43. The van der Waals surface area contributed by atoms with E-state index in [4.69, 9.17) is 19.9 Å². The Kier molecular flexibility index (Phi) is 2.45. The smallest absolute Gasteiger partial charge is 0.231 e. The summed E-state index contributed by atoms with van der Waals surface area (Å²) in [6, 6.07) is 5.39. The molecule has 3 rings (SSSR count). The average Bonchev–Trinajstić information content (AvgIpc) is 2.94. The van der Waals surface area contributed by atoms with E-state index in [0.717, 1.165) is 17.3 Å². The first-order valence-electron chi connectivity index (χ1n) is 4.92. The summed E-state index contributed by atoms with van der Waals surface area (Å²) in [7, 11) is 0. The summed E-state index contributed by atoms with van der Waals surface area (Å²) < 4.78 is 19.7. The molecule has 0 saturated carbocycles. The van der Waals surface area contributed by atoms with Crippen LogP contribution in [0.15, 0.2) is 18.2 Å². The van der Waals surface area contributed by atoms with Crippen LogP contribution in [0.5, 0.6) is 17.2 Å². The van der Waals surface area contributed by atoms with Gasteiger partial charge in [-0.2, -0.15) is 0 Å². The number of nitrogens with zero attached hydrogens (tertiary/aromatic N) is 2. The van der Waals surface area contributed by atoms with E-state index in [2.05, 4.69) is 9.59 Å². The number of aromatic nitrogens is 2. The molecular weight excluding hydrogens is 242 g/mol. The highest BCUT2D eigenvalue weighted by molar-refractivity contribution is 7.09. The summed E-state index contributed by atoms with van der Waals surface area (Å²) in [4.78, 5) is 0. The van der Waals surface area contributed by atoms with Crippen LogP contribution in [-0.2, 0) is 6.61 Å². The van der Waals surface area contributed by atoms with Crippen LogP contribution in [0, 0.1) is 0 Å². The van der Waals surface area contributed by atoms with Gasteiger partial charge in [0.1, 0.15) is 23.1 Å². The molecule has 0 atom stereocenters. The molecule has 0 unspecified atom stereocenters. The molecule has 0 amide bonds. The Morgan fingerprint density at radius 1 is 1.35 bits per heavy atom. The first-order valence-corrected chi connectivity index (χ1v) is 5.69. The molecule has 1 aromatic heterocycles. The lowest BCUT2D eigenvalue weighted by Crippen LogP contribution is -1.99. The van der Waals surface area contributed by atoms with E-state index < -0.39 is 0 Å². The van der Waals surface area contributed by atoms with Crippen molar-refractivity contribution in [2.45, 2.75) is 6.61 Å². The van der Waals surface area contributed by atoms with Gasteiger partial charge in [0, 0.05) is 17.6 Å². The predicted molar refractivity (Wildman–Crippen MR) is 61.2 cm³/mol. The molecule has 1 aromatic carbocycles. The quantitative estimate of drug-likeness (QED) is 0.888. The van der Waals surface area contributed by atoms with Crippen molar-refractivity contribution < 1.29 is 14.2 Å². The lowest BCUT2D eigenvalue weighted by atomic mass is 10.3. The third-order valence-electron chi connectivity index (χ3n) is 2.30. The van der Waals surface area contributed by atoms with E-state index in [0.29, 0.717) is 28.8 Å². The number of rotatable bonds is 3. The molecule has 0 bridgehead atoms. The van der Waals surface area contributed by atoms with Crippen LogP contribution < -0.4 is 19.9 Å². The van der Waals surface area contributed by atoms with Crippen molar-refractivity contribution in [2.75, 3.05) is 12.5 Å². The van der Waals surface area contributed by atoms with Gasteiger partial charge in [0.25, 0.3) is 0 Å². The standard InChI is InChI=1S/C10H9N3O3S/c11-10-7(12-13-17-10)4-14-6-1-2-8-9(3-6)16-5-15-8/h1-3H,4-5,11H2. The summed E-state index contributed by atoms with van der Waals surface area (Å²) in [5.41, 5.74) is 6.31. The Hall–Kier alpha value is -2.02. The molecule has 6 nitrogen and oxygen atoms in total. The van der Waals surface area contributed by atoms with Crippen molar-refractivity contribution in [3.05, 3.63) is 23.9 Å².